The zero-order chi connectivity index (χ0) is 16.7. The van der Waals surface area contributed by atoms with Crippen molar-refractivity contribution >= 4 is 29.3 Å². The summed E-state index contributed by atoms with van der Waals surface area (Å²) < 4.78 is 5.16. The van der Waals surface area contributed by atoms with Gasteiger partial charge in [0, 0.05) is 9.92 Å². The first-order valence-electron chi connectivity index (χ1n) is 7.44. The van der Waals surface area contributed by atoms with E-state index < -0.39 is 0 Å². The predicted molar refractivity (Wildman–Crippen MR) is 96.3 cm³/mol. The van der Waals surface area contributed by atoms with Gasteiger partial charge in [-0.1, -0.05) is 30.7 Å². The van der Waals surface area contributed by atoms with Gasteiger partial charge in [0.1, 0.15) is 5.75 Å². The summed E-state index contributed by atoms with van der Waals surface area (Å²) in [7, 11) is 1.64. The van der Waals surface area contributed by atoms with Gasteiger partial charge in [-0.25, -0.2) is 0 Å². The topological polar surface area (TPSA) is 38.3 Å². The van der Waals surface area contributed by atoms with E-state index in [1.807, 2.05) is 48.5 Å². The molecule has 2 aromatic rings. The molecule has 0 saturated carbocycles. The van der Waals surface area contributed by atoms with Gasteiger partial charge in [0.2, 0.25) is 5.91 Å². The van der Waals surface area contributed by atoms with Gasteiger partial charge in [-0.15, -0.1) is 11.8 Å². The number of carbonyl (C=O) groups excluding carboxylic acids is 1. The van der Waals surface area contributed by atoms with Crippen molar-refractivity contribution in [3.63, 3.8) is 0 Å². The van der Waals surface area contributed by atoms with Crippen LogP contribution in [-0.2, 0) is 4.79 Å². The first kappa shape index (κ1) is 17.7. The highest BCUT2D eigenvalue weighted by atomic mass is 35.5. The molecule has 0 aliphatic heterocycles. The van der Waals surface area contributed by atoms with Gasteiger partial charge in [0.25, 0.3) is 0 Å². The summed E-state index contributed by atoms with van der Waals surface area (Å²) in [6.45, 7) is 2.06. The van der Waals surface area contributed by atoms with E-state index in [0.717, 1.165) is 22.6 Å². The maximum absolute atomic E-state index is 12.2. The largest absolute Gasteiger partial charge is 0.497 e. The van der Waals surface area contributed by atoms with Crippen LogP contribution in [0.15, 0.2) is 53.4 Å². The van der Waals surface area contributed by atoms with Crippen molar-refractivity contribution in [2.75, 3.05) is 12.9 Å². The third-order valence-electron chi connectivity index (χ3n) is 3.45. The maximum atomic E-state index is 12.2. The molecule has 3 nitrogen and oxygen atoms in total. The molecule has 0 radical (unpaired) electrons. The van der Waals surface area contributed by atoms with E-state index in [1.165, 1.54) is 11.8 Å². The second-order valence-electron chi connectivity index (χ2n) is 5.04. The number of benzene rings is 2. The average Bonchev–Trinajstić information content (AvgIpc) is 2.59. The number of rotatable bonds is 7. The Kier molecular flexibility index (Phi) is 6.81. The van der Waals surface area contributed by atoms with Gasteiger partial charge in [-0.05, 0) is 48.4 Å². The number of hydrogen-bond acceptors (Lipinski definition) is 3. The lowest BCUT2D eigenvalue weighted by Crippen LogP contribution is -2.29. The van der Waals surface area contributed by atoms with Gasteiger partial charge in [-0.2, -0.15) is 0 Å². The molecule has 1 atom stereocenters. The first-order chi connectivity index (χ1) is 11.1. The fourth-order valence-electron chi connectivity index (χ4n) is 2.17. The van der Waals surface area contributed by atoms with Gasteiger partial charge >= 0.3 is 0 Å². The smallest absolute Gasteiger partial charge is 0.230 e. The highest BCUT2D eigenvalue weighted by Crippen LogP contribution is 2.22. The molecule has 0 aliphatic carbocycles. The zero-order valence-corrected chi connectivity index (χ0v) is 14.8. The molecule has 1 N–H and O–H groups in total. The van der Waals surface area contributed by atoms with Gasteiger partial charge in [-0.3, -0.25) is 4.79 Å². The molecular weight excluding hydrogens is 330 g/mol. The van der Waals surface area contributed by atoms with E-state index in [4.69, 9.17) is 16.3 Å². The number of thioether (sulfide) groups is 1. The Morgan fingerprint density at radius 2 is 1.83 bits per heavy atom. The van der Waals surface area contributed by atoms with Crippen molar-refractivity contribution in [1.82, 2.24) is 5.32 Å². The molecular formula is C18H20ClNO2S. The zero-order valence-electron chi connectivity index (χ0n) is 13.2. The number of amides is 1. The Balaban J connectivity index is 1.89. The van der Waals surface area contributed by atoms with E-state index in [9.17, 15) is 4.79 Å². The van der Waals surface area contributed by atoms with Crippen LogP contribution in [0, 0.1) is 0 Å². The molecule has 5 heteroatoms. The lowest BCUT2D eigenvalue weighted by molar-refractivity contribution is -0.119. The molecule has 0 spiro atoms. The molecule has 0 aliphatic rings. The van der Waals surface area contributed by atoms with Gasteiger partial charge in [0.05, 0.1) is 18.9 Å². The summed E-state index contributed by atoms with van der Waals surface area (Å²) in [5, 5.41) is 3.77. The first-order valence-corrected chi connectivity index (χ1v) is 8.80. The van der Waals surface area contributed by atoms with Crippen LogP contribution in [0.1, 0.15) is 24.9 Å². The van der Waals surface area contributed by atoms with Crippen molar-refractivity contribution in [3.05, 3.63) is 59.1 Å². The number of ether oxygens (including phenoxy) is 1. The summed E-state index contributed by atoms with van der Waals surface area (Å²) >= 11 is 7.35. The van der Waals surface area contributed by atoms with E-state index in [2.05, 4.69) is 12.2 Å². The number of nitrogens with one attached hydrogen (secondary N) is 1. The van der Waals surface area contributed by atoms with Crippen LogP contribution in [0.3, 0.4) is 0 Å². The third-order valence-corrected chi connectivity index (χ3v) is 4.71. The van der Waals surface area contributed by atoms with Crippen LogP contribution >= 0.6 is 23.4 Å². The van der Waals surface area contributed by atoms with Crippen LogP contribution in [0.25, 0.3) is 0 Å². The van der Waals surface area contributed by atoms with E-state index in [1.54, 1.807) is 7.11 Å². The predicted octanol–water partition coefficient (Wildman–Crippen LogP) is 4.71. The minimum atomic E-state index is 0.0132. The van der Waals surface area contributed by atoms with Crippen LogP contribution in [0.5, 0.6) is 5.75 Å². The van der Waals surface area contributed by atoms with E-state index >= 15 is 0 Å². The summed E-state index contributed by atoms with van der Waals surface area (Å²) in [4.78, 5) is 13.2. The highest BCUT2D eigenvalue weighted by Gasteiger charge is 2.13. The van der Waals surface area contributed by atoms with Crippen LogP contribution in [0.2, 0.25) is 5.02 Å². The number of methoxy groups -OCH3 is 1. The summed E-state index contributed by atoms with van der Waals surface area (Å²) in [5.74, 6) is 1.22. The Hall–Kier alpha value is -1.65. The van der Waals surface area contributed by atoms with E-state index in [0.29, 0.717) is 10.8 Å². The van der Waals surface area contributed by atoms with Crippen molar-refractivity contribution in [2.45, 2.75) is 24.3 Å². The number of carbonyl (C=O) groups is 1. The second-order valence-corrected chi connectivity index (χ2v) is 6.53. The van der Waals surface area contributed by atoms with E-state index in [-0.39, 0.29) is 11.9 Å². The summed E-state index contributed by atoms with van der Waals surface area (Å²) in [6, 6.07) is 15.3. The lowest BCUT2D eigenvalue weighted by atomic mass is 10.0. The van der Waals surface area contributed by atoms with Crippen LogP contribution in [0.4, 0.5) is 0 Å². The Morgan fingerprint density at radius 3 is 2.39 bits per heavy atom. The number of halogens is 1. The minimum absolute atomic E-state index is 0.0132. The molecule has 23 heavy (non-hydrogen) atoms. The fraction of sp³-hybridized carbons (Fsp3) is 0.278. The minimum Gasteiger partial charge on any atom is -0.497 e. The van der Waals surface area contributed by atoms with Crippen LogP contribution in [-0.4, -0.2) is 18.8 Å². The SMILES string of the molecule is CCC(NC(=O)CSc1ccc(Cl)cc1)c1ccc(OC)cc1. The molecule has 0 fully saturated rings. The quantitative estimate of drug-likeness (QED) is 0.736. The fourth-order valence-corrected chi connectivity index (χ4v) is 3.01. The normalized spacial score (nSPS) is 11.8. The molecule has 1 unspecified atom stereocenters. The third kappa shape index (κ3) is 5.48. The van der Waals surface area contributed by atoms with Crippen molar-refractivity contribution in [3.8, 4) is 5.75 Å². The summed E-state index contributed by atoms with van der Waals surface area (Å²) in [6.07, 6.45) is 0.837. The maximum Gasteiger partial charge on any atom is 0.230 e. The molecule has 2 rings (SSSR count). The molecule has 0 aromatic heterocycles. The van der Waals surface area contributed by atoms with Crippen molar-refractivity contribution in [2.24, 2.45) is 0 Å². The Morgan fingerprint density at radius 1 is 1.17 bits per heavy atom. The number of hydrogen-bond donors (Lipinski definition) is 1. The Bertz CT molecular complexity index is 628. The average molecular weight is 350 g/mol. The van der Waals surface area contributed by atoms with Crippen molar-refractivity contribution < 1.29 is 9.53 Å². The monoisotopic (exact) mass is 349 g/mol. The lowest BCUT2D eigenvalue weighted by Gasteiger charge is -2.17. The molecule has 122 valence electrons. The molecule has 0 bridgehead atoms. The standard InChI is InChI=1S/C18H20ClNO2S/c1-3-17(13-4-8-15(22-2)9-5-13)20-18(21)12-23-16-10-6-14(19)7-11-16/h4-11,17H,3,12H2,1-2H3,(H,20,21). The second kappa shape index (κ2) is 8.85. The molecule has 0 saturated heterocycles. The van der Waals surface area contributed by atoms with Crippen LogP contribution < -0.4 is 10.1 Å². The van der Waals surface area contributed by atoms with Gasteiger partial charge < -0.3 is 10.1 Å². The Labute approximate surface area is 146 Å². The molecule has 2 aromatic carbocycles. The highest BCUT2D eigenvalue weighted by molar-refractivity contribution is 8.00. The molecule has 1 amide bonds. The molecule has 0 heterocycles. The van der Waals surface area contributed by atoms with Crippen molar-refractivity contribution in [1.29, 1.82) is 0 Å². The van der Waals surface area contributed by atoms with Gasteiger partial charge in [0.15, 0.2) is 0 Å². The summed E-state index contributed by atoms with van der Waals surface area (Å²) in [5.41, 5.74) is 1.08.